The van der Waals surface area contributed by atoms with Crippen molar-refractivity contribution < 1.29 is 5.11 Å². The van der Waals surface area contributed by atoms with E-state index in [0.717, 1.165) is 47.1 Å². The van der Waals surface area contributed by atoms with E-state index in [4.69, 9.17) is 0 Å². The molecule has 25 heavy (non-hydrogen) atoms. The number of fused-ring (bicyclic) bond motifs is 1. The zero-order chi connectivity index (χ0) is 17.1. The molecule has 0 bridgehead atoms. The molecule has 0 heterocycles. The van der Waals surface area contributed by atoms with Crippen molar-refractivity contribution in [1.29, 1.82) is 0 Å². The highest BCUT2D eigenvalue weighted by Crippen LogP contribution is 2.38. The summed E-state index contributed by atoms with van der Waals surface area (Å²) in [6.07, 6.45) is 6.60. The van der Waals surface area contributed by atoms with Gasteiger partial charge in [0.2, 0.25) is 0 Å². The van der Waals surface area contributed by atoms with E-state index >= 15 is 0 Å². The van der Waals surface area contributed by atoms with E-state index in [1.54, 1.807) is 0 Å². The maximum atomic E-state index is 11.0. The minimum atomic E-state index is 0.461. The first-order chi connectivity index (χ1) is 12.3. The van der Waals surface area contributed by atoms with E-state index in [1.807, 2.05) is 36.4 Å². The highest BCUT2D eigenvalue weighted by Gasteiger charge is 2.18. The van der Waals surface area contributed by atoms with Gasteiger partial charge in [-0.3, -0.25) is 0 Å². The summed E-state index contributed by atoms with van der Waals surface area (Å²) in [5.74, 6) is 0.461. The minimum absolute atomic E-state index is 0.461. The molecule has 0 aromatic heterocycles. The SMILES string of the molecule is Oc1c(/C(=C/c2ccccc2)c2ccccc2)ccc2c1CCCC2. The molecule has 0 saturated heterocycles. The lowest BCUT2D eigenvalue weighted by molar-refractivity contribution is 0.460. The van der Waals surface area contributed by atoms with E-state index in [9.17, 15) is 5.11 Å². The summed E-state index contributed by atoms with van der Waals surface area (Å²) in [4.78, 5) is 0. The first-order valence-corrected chi connectivity index (χ1v) is 8.99. The second kappa shape index (κ2) is 6.98. The molecule has 0 spiro atoms. The van der Waals surface area contributed by atoms with Gasteiger partial charge in [-0.05, 0) is 59.6 Å². The Balaban J connectivity index is 1.89. The van der Waals surface area contributed by atoms with Gasteiger partial charge in [0.05, 0.1) is 0 Å². The quantitative estimate of drug-likeness (QED) is 0.598. The lowest BCUT2D eigenvalue weighted by atomic mass is 9.86. The molecule has 0 amide bonds. The zero-order valence-corrected chi connectivity index (χ0v) is 14.3. The smallest absolute Gasteiger partial charge is 0.126 e. The normalized spacial score (nSPS) is 14.2. The Morgan fingerprint density at radius 2 is 1.44 bits per heavy atom. The van der Waals surface area contributed by atoms with Crippen LogP contribution in [-0.4, -0.2) is 5.11 Å². The van der Waals surface area contributed by atoms with E-state index in [1.165, 1.54) is 12.0 Å². The van der Waals surface area contributed by atoms with Crippen LogP contribution in [0.2, 0.25) is 0 Å². The largest absolute Gasteiger partial charge is 0.507 e. The van der Waals surface area contributed by atoms with Crippen LogP contribution in [0.15, 0.2) is 72.8 Å². The Kier molecular flexibility index (Phi) is 4.39. The average Bonchev–Trinajstić information content (AvgIpc) is 2.69. The fourth-order valence-corrected chi connectivity index (χ4v) is 3.68. The molecule has 1 heteroatoms. The highest BCUT2D eigenvalue weighted by molar-refractivity contribution is 5.93. The molecule has 3 aromatic rings. The van der Waals surface area contributed by atoms with E-state index < -0.39 is 0 Å². The molecule has 0 atom stereocenters. The fraction of sp³-hybridized carbons (Fsp3) is 0.167. The molecule has 3 aromatic carbocycles. The standard InChI is InChI=1S/C24H22O/c25-24-21-14-8-7-13-20(21)15-16-22(24)23(19-11-5-2-6-12-19)17-18-9-3-1-4-10-18/h1-6,9-12,15-17,25H,7-8,13-14H2/b23-17+. The Morgan fingerprint density at radius 3 is 2.20 bits per heavy atom. The van der Waals surface area contributed by atoms with Crippen molar-refractivity contribution >= 4 is 11.6 Å². The summed E-state index contributed by atoms with van der Waals surface area (Å²) in [5.41, 5.74) is 6.70. The minimum Gasteiger partial charge on any atom is -0.507 e. The average molecular weight is 326 g/mol. The number of hydrogen-bond acceptors (Lipinski definition) is 1. The van der Waals surface area contributed by atoms with Crippen LogP contribution in [0.4, 0.5) is 0 Å². The third kappa shape index (κ3) is 3.23. The predicted octanol–water partition coefficient (Wildman–Crippen LogP) is 5.86. The molecule has 0 fully saturated rings. The number of rotatable bonds is 3. The van der Waals surface area contributed by atoms with E-state index in [0.29, 0.717) is 5.75 Å². The monoisotopic (exact) mass is 326 g/mol. The summed E-state index contributed by atoms with van der Waals surface area (Å²) >= 11 is 0. The van der Waals surface area contributed by atoms with Crippen LogP contribution in [0.5, 0.6) is 5.75 Å². The molecule has 1 aliphatic rings. The Morgan fingerprint density at radius 1 is 0.760 bits per heavy atom. The van der Waals surface area contributed by atoms with Crippen molar-refractivity contribution in [3.63, 3.8) is 0 Å². The van der Waals surface area contributed by atoms with Crippen LogP contribution in [0.3, 0.4) is 0 Å². The second-order valence-electron chi connectivity index (χ2n) is 6.64. The number of aromatic hydroxyl groups is 1. The Hall–Kier alpha value is -2.80. The molecule has 0 aliphatic heterocycles. The van der Waals surface area contributed by atoms with Crippen LogP contribution in [0.1, 0.15) is 40.7 Å². The van der Waals surface area contributed by atoms with E-state index in [2.05, 4.69) is 42.5 Å². The maximum Gasteiger partial charge on any atom is 0.126 e. The topological polar surface area (TPSA) is 20.2 Å². The van der Waals surface area contributed by atoms with Crippen molar-refractivity contribution in [2.75, 3.05) is 0 Å². The van der Waals surface area contributed by atoms with Crippen molar-refractivity contribution in [3.8, 4) is 5.75 Å². The van der Waals surface area contributed by atoms with Crippen LogP contribution in [0, 0.1) is 0 Å². The molecule has 124 valence electrons. The van der Waals surface area contributed by atoms with Gasteiger partial charge in [0.1, 0.15) is 5.75 Å². The number of aryl methyl sites for hydroxylation is 1. The second-order valence-corrected chi connectivity index (χ2v) is 6.64. The molecule has 4 rings (SSSR count). The molecule has 0 saturated carbocycles. The van der Waals surface area contributed by atoms with E-state index in [-0.39, 0.29) is 0 Å². The predicted molar refractivity (Wildman–Crippen MR) is 105 cm³/mol. The summed E-state index contributed by atoms with van der Waals surface area (Å²) in [6.45, 7) is 0. The van der Waals surface area contributed by atoms with Gasteiger partial charge in [-0.25, -0.2) is 0 Å². The number of hydrogen-bond donors (Lipinski definition) is 1. The van der Waals surface area contributed by atoms with Crippen LogP contribution in [-0.2, 0) is 12.8 Å². The molecule has 1 nitrogen and oxygen atoms in total. The highest BCUT2D eigenvalue weighted by atomic mass is 16.3. The van der Waals surface area contributed by atoms with Gasteiger partial charge in [0.25, 0.3) is 0 Å². The summed E-state index contributed by atoms with van der Waals surface area (Å²) in [5, 5.41) is 11.0. The first kappa shape index (κ1) is 15.7. The first-order valence-electron chi connectivity index (χ1n) is 8.99. The van der Waals surface area contributed by atoms with Crippen molar-refractivity contribution in [1.82, 2.24) is 0 Å². The Bertz CT molecular complexity index is 892. The fourth-order valence-electron chi connectivity index (χ4n) is 3.68. The molecular formula is C24H22O. The van der Waals surface area contributed by atoms with Crippen molar-refractivity contribution in [3.05, 3.63) is 101 Å². The van der Waals surface area contributed by atoms with Crippen LogP contribution >= 0.6 is 0 Å². The summed E-state index contributed by atoms with van der Waals surface area (Å²) in [6, 6.07) is 24.9. The third-order valence-corrected chi connectivity index (χ3v) is 4.99. The number of phenols is 1. The van der Waals surface area contributed by atoms with Crippen LogP contribution in [0.25, 0.3) is 11.6 Å². The summed E-state index contributed by atoms with van der Waals surface area (Å²) < 4.78 is 0. The molecule has 1 N–H and O–H groups in total. The molecule has 1 aliphatic carbocycles. The number of phenolic OH excluding ortho intramolecular Hbond substituents is 1. The van der Waals surface area contributed by atoms with Gasteiger partial charge in [-0.15, -0.1) is 0 Å². The molecule has 0 radical (unpaired) electrons. The maximum absolute atomic E-state index is 11.0. The van der Waals surface area contributed by atoms with Crippen LogP contribution < -0.4 is 0 Å². The number of benzene rings is 3. The lowest BCUT2D eigenvalue weighted by Crippen LogP contribution is -2.04. The lowest BCUT2D eigenvalue weighted by Gasteiger charge is -2.20. The Labute approximate surface area is 149 Å². The third-order valence-electron chi connectivity index (χ3n) is 4.99. The van der Waals surface area contributed by atoms with Gasteiger partial charge in [-0.2, -0.15) is 0 Å². The van der Waals surface area contributed by atoms with Gasteiger partial charge >= 0.3 is 0 Å². The zero-order valence-electron chi connectivity index (χ0n) is 14.3. The molecule has 0 unspecified atom stereocenters. The van der Waals surface area contributed by atoms with Gasteiger partial charge < -0.3 is 5.11 Å². The summed E-state index contributed by atoms with van der Waals surface area (Å²) in [7, 11) is 0. The van der Waals surface area contributed by atoms with Gasteiger partial charge in [-0.1, -0.05) is 72.8 Å². The van der Waals surface area contributed by atoms with Gasteiger partial charge in [0.15, 0.2) is 0 Å². The van der Waals surface area contributed by atoms with Crippen molar-refractivity contribution in [2.45, 2.75) is 25.7 Å². The molecular weight excluding hydrogens is 304 g/mol. The van der Waals surface area contributed by atoms with Crippen molar-refractivity contribution in [2.24, 2.45) is 0 Å². The van der Waals surface area contributed by atoms with Gasteiger partial charge in [0, 0.05) is 5.56 Å².